The Labute approximate surface area is 160 Å². The number of nitrogens with one attached hydrogen (secondary N) is 2. The van der Waals surface area contributed by atoms with Crippen LogP contribution in [0.4, 0.5) is 0 Å². The van der Waals surface area contributed by atoms with Crippen LogP contribution in [-0.2, 0) is 23.6 Å². The highest BCUT2D eigenvalue weighted by molar-refractivity contribution is 7.88. The quantitative estimate of drug-likeness (QED) is 0.370. The molecular formula is C15H27Cl2N5O2S. The van der Waals surface area contributed by atoms with E-state index in [1.165, 1.54) is 10.6 Å². The zero-order valence-corrected chi connectivity index (χ0v) is 17.5. The summed E-state index contributed by atoms with van der Waals surface area (Å²) in [5.41, 5.74) is 0.904. The van der Waals surface area contributed by atoms with Crippen LogP contribution in [-0.4, -0.2) is 55.7 Å². The summed E-state index contributed by atoms with van der Waals surface area (Å²) in [4.78, 5) is 4.51. The molecule has 7 nitrogen and oxygen atoms in total. The molecule has 1 aromatic rings. The summed E-state index contributed by atoms with van der Waals surface area (Å²) in [5, 5.41) is 7.36. The van der Waals surface area contributed by atoms with Crippen molar-refractivity contribution in [2.75, 3.05) is 32.4 Å². The number of halogens is 2. The molecule has 0 unspecified atom stereocenters. The average molecular weight is 412 g/mol. The van der Waals surface area contributed by atoms with Crippen molar-refractivity contribution in [3.05, 3.63) is 21.9 Å². The summed E-state index contributed by atoms with van der Waals surface area (Å²) in [6.07, 6.45) is 1.92. The second kappa shape index (κ2) is 10.3. The number of aliphatic imine (C=N–C) groups is 1. The maximum atomic E-state index is 11.6. The number of guanidine groups is 1. The Hall–Kier alpha value is -0.960. The van der Waals surface area contributed by atoms with E-state index in [1.54, 1.807) is 10.6 Å². The first-order chi connectivity index (χ1) is 11.7. The van der Waals surface area contributed by atoms with E-state index < -0.39 is 10.0 Å². The third-order valence-electron chi connectivity index (χ3n) is 3.66. The van der Waals surface area contributed by atoms with Crippen molar-refractivity contribution < 1.29 is 8.42 Å². The lowest BCUT2D eigenvalue weighted by molar-refractivity contribution is 0.424. The van der Waals surface area contributed by atoms with Crippen LogP contribution in [0.2, 0.25) is 10.2 Å². The van der Waals surface area contributed by atoms with Gasteiger partial charge >= 0.3 is 0 Å². The van der Waals surface area contributed by atoms with Gasteiger partial charge in [0.05, 0.1) is 17.8 Å². The fourth-order valence-corrected chi connectivity index (χ4v) is 3.61. The van der Waals surface area contributed by atoms with Crippen molar-refractivity contribution in [2.24, 2.45) is 12.0 Å². The molecule has 0 saturated carbocycles. The molecule has 0 spiro atoms. The van der Waals surface area contributed by atoms with E-state index in [4.69, 9.17) is 23.2 Å². The molecule has 1 aromatic heterocycles. The third-order valence-corrected chi connectivity index (χ3v) is 5.88. The van der Waals surface area contributed by atoms with Gasteiger partial charge in [-0.05, 0) is 19.4 Å². The zero-order chi connectivity index (χ0) is 19.0. The molecule has 0 aromatic carbocycles. The van der Waals surface area contributed by atoms with Gasteiger partial charge in [-0.3, -0.25) is 0 Å². The van der Waals surface area contributed by atoms with Crippen LogP contribution in [0.5, 0.6) is 0 Å². The van der Waals surface area contributed by atoms with Gasteiger partial charge in [0.2, 0.25) is 10.0 Å². The van der Waals surface area contributed by atoms with Crippen molar-refractivity contribution >= 4 is 39.2 Å². The van der Waals surface area contributed by atoms with Crippen LogP contribution in [0, 0.1) is 0 Å². The first-order valence-electron chi connectivity index (χ1n) is 8.17. The van der Waals surface area contributed by atoms with E-state index in [9.17, 15) is 8.42 Å². The summed E-state index contributed by atoms with van der Waals surface area (Å²) in [5.74, 6) is 0.665. The van der Waals surface area contributed by atoms with Crippen LogP contribution in [0.1, 0.15) is 26.0 Å². The third kappa shape index (κ3) is 7.05. The first kappa shape index (κ1) is 22.1. The number of rotatable bonds is 9. The van der Waals surface area contributed by atoms with E-state index in [1.807, 2.05) is 20.9 Å². The summed E-state index contributed by atoms with van der Waals surface area (Å²) < 4.78 is 26.4. The number of nitrogens with zero attached hydrogens (tertiary/aromatic N) is 3. The normalized spacial score (nSPS) is 12.7. The Morgan fingerprint density at radius 2 is 2.00 bits per heavy atom. The highest BCUT2D eigenvalue weighted by Gasteiger charge is 2.13. The lowest BCUT2D eigenvalue weighted by Crippen LogP contribution is -2.39. The Morgan fingerprint density at radius 3 is 2.48 bits per heavy atom. The zero-order valence-electron chi connectivity index (χ0n) is 15.1. The smallest absolute Gasteiger partial charge is 0.211 e. The molecule has 0 aliphatic carbocycles. The van der Waals surface area contributed by atoms with Gasteiger partial charge in [-0.25, -0.2) is 17.7 Å². The molecule has 0 bridgehead atoms. The minimum atomic E-state index is -3.15. The van der Waals surface area contributed by atoms with E-state index in [0.29, 0.717) is 48.7 Å². The molecule has 2 N–H and O–H groups in total. The van der Waals surface area contributed by atoms with Gasteiger partial charge in [0, 0.05) is 38.9 Å². The Bertz CT molecular complexity index is 688. The summed E-state index contributed by atoms with van der Waals surface area (Å²) in [6.45, 7) is 6.54. The fourth-order valence-electron chi connectivity index (χ4n) is 2.26. The van der Waals surface area contributed by atoms with E-state index in [0.717, 1.165) is 12.2 Å². The van der Waals surface area contributed by atoms with Gasteiger partial charge in [0.15, 0.2) is 5.96 Å². The highest BCUT2D eigenvalue weighted by Crippen LogP contribution is 2.25. The van der Waals surface area contributed by atoms with Gasteiger partial charge in [-0.15, -0.1) is 0 Å². The predicted molar refractivity (Wildman–Crippen MR) is 105 cm³/mol. The monoisotopic (exact) mass is 411 g/mol. The van der Waals surface area contributed by atoms with Crippen molar-refractivity contribution in [2.45, 2.75) is 26.8 Å². The Balaban J connectivity index is 2.57. The van der Waals surface area contributed by atoms with Crippen molar-refractivity contribution in [1.29, 1.82) is 0 Å². The van der Waals surface area contributed by atoms with Gasteiger partial charge in [-0.1, -0.05) is 30.1 Å². The molecule has 10 heteroatoms. The summed E-state index contributed by atoms with van der Waals surface area (Å²) in [6, 6.07) is 1.79. The molecule has 0 amide bonds. The maximum absolute atomic E-state index is 11.6. The second-order valence-corrected chi connectivity index (χ2v) is 8.31. The molecular weight excluding hydrogens is 385 g/mol. The van der Waals surface area contributed by atoms with Crippen LogP contribution >= 0.6 is 23.2 Å². The van der Waals surface area contributed by atoms with Crippen LogP contribution in [0.25, 0.3) is 0 Å². The lowest BCUT2D eigenvalue weighted by atomic mass is 10.4. The average Bonchev–Trinajstić information content (AvgIpc) is 2.78. The largest absolute Gasteiger partial charge is 0.357 e. The van der Waals surface area contributed by atoms with Gasteiger partial charge < -0.3 is 15.2 Å². The van der Waals surface area contributed by atoms with E-state index >= 15 is 0 Å². The van der Waals surface area contributed by atoms with Crippen molar-refractivity contribution in [1.82, 2.24) is 19.5 Å². The number of sulfonamides is 1. The molecule has 0 atom stereocenters. The highest BCUT2D eigenvalue weighted by atomic mass is 35.5. The minimum absolute atomic E-state index is 0.433. The van der Waals surface area contributed by atoms with Crippen molar-refractivity contribution in [3.63, 3.8) is 0 Å². The molecule has 0 aliphatic heterocycles. The molecule has 0 fully saturated rings. The van der Waals surface area contributed by atoms with Crippen molar-refractivity contribution in [3.8, 4) is 0 Å². The number of hydrogen-bond donors (Lipinski definition) is 2. The fraction of sp³-hybridized carbons (Fsp3) is 0.667. The SMILES string of the molecule is CCNC(=NCc1cc(Cl)c(Cl)n1C)NCCCN(CC)S(C)(=O)=O. The Kier molecular flexibility index (Phi) is 9.06. The molecule has 1 heterocycles. The minimum Gasteiger partial charge on any atom is -0.357 e. The topological polar surface area (TPSA) is 78.7 Å². The van der Waals surface area contributed by atoms with Crippen LogP contribution < -0.4 is 10.6 Å². The van der Waals surface area contributed by atoms with Gasteiger partial charge in [0.1, 0.15) is 5.15 Å². The van der Waals surface area contributed by atoms with Gasteiger partial charge in [-0.2, -0.15) is 0 Å². The molecule has 25 heavy (non-hydrogen) atoms. The van der Waals surface area contributed by atoms with Gasteiger partial charge in [0.25, 0.3) is 0 Å². The molecule has 0 radical (unpaired) electrons. The predicted octanol–water partition coefficient (Wildman–Crippen LogP) is 2.06. The summed E-state index contributed by atoms with van der Waals surface area (Å²) >= 11 is 12.1. The molecule has 0 aliphatic rings. The standard InChI is InChI=1S/C15H27Cl2N5O2S/c1-5-18-15(19-8-7-9-22(6-2)25(4,23)24)20-11-12-10-13(16)14(17)21(12)3/h10H,5-9,11H2,1-4H3,(H2,18,19,20). The second-order valence-electron chi connectivity index (χ2n) is 5.56. The number of aromatic nitrogens is 1. The number of hydrogen-bond acceptors (Lipinski definition) is 3. The van der Waals surface area contributed by atoms with E-state index in [-0.39, 0.29) is 0 Å². The van der Waals surface area contributed by atoms with Crippen LogP contribution in [0.3, 0.4) is 0 Å². The molecule has 1 rings (SSSR count). The van der Waals surface area contributed by atoms with E-state index in [2.05, 4.69) is 15.6 Å². The first-order valence-corrected chi connectivity index (χ1v) is 10.8. The maximum Gasteiger partial charge on any atom is 0.211 e. The van der Waals surface area contributed by atoms with Crippen LogP contribution in [0.15, 0.2) is 11.1 Å². The lowest BCUT2D eigenvalue weighted by Gasteiger charge is -2.18. The summed E-state index contributed by atoms with van der Waals surface area (Å²) in [7, 11) is -1.31. The molecule has 144 valence electrons. The Morgan fingerprint density at radius 1 is 1.32 bits per heavy atom. The molecule has 0 saturated heterocycles.